The van der Waals surface area contributed by atoms with E-state index in [1.165, 1.54) is 0 Å². The number of nitrogens with one attached hydrogen (secondary N) is 1. The van der Waals surface area contributed by atoms with Crippen LogP contribution in [-0.2, 0) is 16.1 Å². The molecule has 5 nitrogen and oxygen atoms in total. The van der Waals surface area contributed by atoms with E-state index in [4.69, 9.17) is 5.73 Å². The largest absolute Gasteiger partial charge is 0.369 e. The van der Waals surface area contributed by atoms with Crippen LogP contribution in [0.25, 0.3) is 0 Å². The minimum atomic E-state index is -0.208. The molecule has 3 N–H and O–H groups in total. The van der Waals surface area contributed by atoms with Gasteiger partial charge < -0.3 is 11.1 Å². The van der Waals surface area contributed by atoms with Gasteiger partial charge in [0.1, 0.15) is 0 Å². The second kappa shape index (κ2) is 6.48. The molecule has 1 aromatic carbocycles. The maximum Gasteiger partial charge on any atom is 0.227 e. The van der Waals surface area contributed by atoms with Gasteiger partial charge in [-0.05, 0) is 43.9 Å². The first-order chi connectivity index (χ1) is 10.6. The number of primary amides is 1. The van der Waals surface area contributed by atoms with E-state index in [-0.39, 0.29) is 23.7 Å². The summed E-state index contributed by atoms with van der Waals surface area (Å²) in [7, 11) is 0. The monoisotopic (exact) mass is 301 g/mol. The number of hydrogen-bond acceptors (Lipinski definition) is 3. The van der Waals surface area contributed by atoms with Crippen LogP contribution in [0, 0.1) is 11.8 Å². The highest BCUT2D eigenvalue weighted by molar-refractivity contribution is 5.94. The van der Waals surface area contributed by atoms with Gasteiger partial charge in [0.05, 0.1) is 5.92 Å². The predicted molar refractivity (Wildman–Crippen MR) is 85.0 cm³/mol. The molecule has 1 saturated heterocycles. The minimum absolute atomic E-state index is 0.0537. The third-order valence-electron chi connectivity index (χ3n) is 4.53. The summed E-state index contributed by atoms with van der Waals surface area (Å²) in [6.07, 6.45) is 3.87. The molecule has 0 radical (unpaired) electrons. The number of nitrogens with zero attached hydrogens (tertiary/aromatic N) is 1. The molecule has 0 spiro atoms. The number of benzene rings is 1. The van der Waals surface area contributed by atoms with E-state index in [0.29, 0.717) is 6.54 Å². The van der Waals surface area contributed by atoms with Gasteiger partial charge in [0.15, 0.2) is 0 Å². The molecule has 22 heavy (non-hydrogen) atoms. The standard InChI is InChI=1S/C17H23N3O2/c18-16(21)14-5-3-9-20(11-14)10-13-4-1-2-6-15(13)19-17(22)12-7-8-12/h1-2,4,6,12,14H,3,5,7-11H2,(H2,18,21)(H,19,22)/t14-/m1/s1. The summed E-state index contributed by atoms with van der Waals surface area (Å²) in [5.74, 6) is 0.0605. The van der Waals surface area contributed by atoms with Crippen LogP contribution in [0.1, 0.15) is 31.2 Å². The maximum absolute atomic E-state index is 12.0. The molecule has 1 atom stereocenters. The highest BCUT2D eigenvalue weighted by Gasteiger charge is 2.30. The molecule has 0 unspecified atom stereocenters. The number of carbonyl (C=O) groups is 2. The molecule has 3 rings (SSSR count). The van der Waals surface area contributed by atoms with Crippen LogP contribution in [0.2, 0.25) is 0 Å². The molecule has 1 heterocycles. The summed E-state index contributed by atoms with van der Waals surface area (Å²) in [6, 6.07) is 7.91. The number of piperidine rings is 1. The van der Waals surface area contributed by atoms with Gasteiger partial charge in [-0.15, -0.1) is 0 Å². The van der Waals surface area contributed by atoms with Gasteiger partial charge in [-0.1, -0.05) is 18.2 Å². The molecular weight excluding hydrogens is 278 g/mol. The van der Waals surface area contributed by atoms with Crippen LogP contribution >= 0.6 is 0 Å². The van der Waals surface area contributed by atoms with Crippen LogP contribution in [0.4, 0.5) is 5.69 Å². The van der Waals surface area contributed by atoms with E-state index in [9.17, 15) is 9.59 Å². The molecule has 5 heteroatoms. The Morgan fingerprint density at radius 1 is 1.18 bits per heavy atom. The van der Waals surface area contributed by atoms with Gasteiger partial charge >= 0.3 is 0 Å². The number of nitrogens with two attached hydrogens (primary N) is 1. The van der Waals surface area contributed by atoms with Crippen molar-refractivity contribution < 1.29 is 9.59 Å². The average Bonchev–Trinajstić information content (AvgIpc) is 3.34. The molecule has 1 saturated carbocycles. The first-order valence-electron chi connectivity index (χ1n) is 8.04. The van der Waals surface area contributed by atoms with Crippen molar-refractivity contribution in [2.24, 2.45) is 17.6 Å². The van der Waals surface area contributed by atoms with Crippen LogP contribution in [0.15, 0.2) is 24.3 Å². The van der Waals surface area contributed by atoms with Crippen molar-refractivity contribution in [1.29, 1.82) is 0 Å². The minimum Gasteiger partial charge on any atom is -0.369 e. The quantitative estimate of drug-likeness (QED) is 0.869. The van der Waals surface area contributed by atoms with Gasteiger partial charge in [0.25, 0.3) is 0 Å². The van der Waals surface area contributed by atoms with E-state index in [1.807, 2.05) is 24.3 Å². The van der Waals surface area contributed by atoms with E-state index < -0.39 is 0 Å². The summed E-state index contributed by atoms with van der Waals surface area (Å²) >= 11 is 0. The molecule has 118 valence electrons. The van der Waals surface area contributed by atoms with Gasteiger partial charge in [0.2, 0.25) is 11.8 Å². The summed E-state index contributed by atoms with van der Waals surface area (Å²) in [6.45, 7) is 2.42. The lowest BCUT2D eigenvalue weighted by Gasteiger charge is -2.31. The Balaban J connectivity index is 1.66. The molecule has 1 aliphatic heterocycles. The predicted octanol–water partition coefficient (Wildman–Crippen LogP) is 1.73. The van der Waals surface area contributed by atoms with Crippen LogP contribution < -0.4 is 11.1 Å². The fraction of sp³-hybridized carbons (Fsp3) is 0.529. The molecule has 0 aromatic heterocycles. The van der Waals surface area contributed by atoms with Crippen molar-refractivity contribution >= 4 is 17.5 Å². The first-order valence-corrected chi connectivity index (χ1v) is 8.04. The second-order valence-electron chi connectivity index (χ2n) is 6.40. The number of hydrogen-bond donors (Lipinski definition) is 2. The zero-order chi connectivity index (χ0) is 15.5. The number of likely N-dealkylation sites (tertiary alicyclic amines) is 1. The molecule has 1 aromatic rings. The van der Waals surface area contributed by atoms with Crippen molar-refractivity contribution in [3.05, 3.63) is 29.8 Å². The molecule has 2 amide bonds. The smallest absolute Gasteiger partial charge is 0.227 e. The van der Waals surface area contributed by atoms with Crippen molar-refractivity contribution in [3.8, 4) is 0 Å². The first kappa shape index (κ1) is 15.0. The van der Waals surface area contributed by atoms with Gasteiger partial charge in [0, 0.05) is 24.7 Å². The Kier molecular flexibility index (Phi) is 4.43. The Labute approximate surface area is 130 Å². The SMILES string of the molecule is NC(=O)[C@@H]1CCCN(Cc2ccccc2NC(=O)C2CC2)C1. The second-order valence-corrected chi connectivity index (χ2v) is 6.40. The summed E-state index contributed by atoms with van der Waals surface area (Å²) in [4.78, 5) is 25.6. The number of anilines is 1. The lowest BCUT2D eigenvalue weighted by atomic mass is 9.97. The third kappa shape index (κ3) is 3.65. The Morgan fingerprint density at radius 2 is 1.95 bits per heavy atom. The van der Waals surface area contributed by atoms with Crippen LogP contribution in [0.5, 0.6) is 0 Å². The fourth-order valence-corrected chi connectivity index (χ4v) is 3.03. The number of para-hydroxylation sites is 1. The van der Waals surface area contributed by atoms with E-state index >= 15 is 0 Å². The van der Waals surface area contributed by atoms with Crippen molar-refractivity contribution in [2.45, 2.75) is 32.2 Å². The molecular formula is C17H23N3O2. The molecule has 2 fully saturated rings. The lowest BCUT2D eigenvalue weighted by Crippen LogP contribution is -2.40. The lowest BCUT2D eigenvalue weighted by molar-refractivity contribution is -0.123. The van der Waals surface area contributed by atoms with Gasteiger partial charge in [-0.2, -0.15) is 0 Å². The molecule has 0 bridgehead atoms. The van der Waals surface area contributed by atoms with Crippen molar-refractivity contribution in [1.82, 2.24) is 4.90 Å². The summed E-state index contributed by atoms with van der Waals surface area (Å²) in [5, 5.41) is 3.04. The number of carbonyl (C=O) groups excluding carboxylic acids is 2. The van der Waals surface area contributed by atoms with E-state index in [2.05, 4.69) is 10.2 Å². The van der Waals surface area contributed by atoms with Crippen molar-refractivity contribution in [3.63, 3.8) is 0 Å². The number of amides is 2. The van der Waals surface area contributed by atoms with E-state index in [0.717, 1.165) is 50.0 Å². The van der Waals surface area contributed by atoms with Gasteiger partial charge in [-0.25, -0.2) is 0 Å². The Morgan fingerprint density at radius 3 is 2.68 bits per heavy atom. The number of rotatable bonds is 5. The highest BCUT2D eigenvalue weighted by atomic mass is 16.2. The Hall–Kier alpha value is -1.88. The van der Waals surface area contributed by atoms with Crippen molar-refractivity contribution in [2.75, 3.05) is 18.4 Å². The third-order valence-corrected chi connectivity index (χ3v) is 4.53. The van der Waals surface area contributed by atoms with E-state index in [1.54, 1.807) is 0 Å². The van der Waals surface area contributed by atoms with Crippen LogP contribution in [-0.4, -0.2) is 29.8 Å². The highest BCUT2D eigenvalue weighted by Crippen LogP contribution is 2.31. The van der Waals surface area contributed by atoms with Gasteiger partial charge in [-0.3, -0.25) is 14.5 Å². The average molecular weight is 301 g/mol. The Bertz CT molecular complexity index is 569. The molecule has 1 aliphatic carbocycles. The summed E-state index contributed by atoms with van der Waals surface area (Å²) in [5.41, 5.74) is 7.42. The van der Waals surface area contributed by atoms with Crippen LogP contribution in [0.3, 0.4) is 0 Å². The zero-order valence-electron chi connectivity index (χ0n) is 12.8. The normalized spacial score (nSPS) is 22.3. The maximum atomic E-state index is 12.0. The molecule has 2 aliphatic rings. The zero-order valence-corrected chi connectivity index (χ0v) is 12.8. The fourth-order valence-electron chi connectivity index (χ4n) is 3.03. The topological polar surface area (TPSA) is 75.4 Å². The summed E-state index contributed by atoms with van der Waals surface area (Å²) < 4.78 is 0.